The van der Waals surface area contributed by atoms with Crippen molar-refractivity contribution < 1.29 is 29.1 Å². The predicted molar refractivity (Wildman–Crippen MR) is 117 cm³/mol. The lowest BCUT2D eigenvalue weighted by atomic mass is 9.99. The van der Waals surface area contributed by atoms with Crippen LogP contribution in [0.1, 0.15) is 59.8 Å². The summed E-state index contributed by atoms with van der Waals surface area (Å²) < 4.78 is 0. The molecule has 0 aromatic heterocycles. The predicted octanol–water partition coefficient (Wildman–Crippen LogP) is -0.755. The minimum atomic E-state index is -1.17. The summed E-state index contributed by atoms with van der Waals surface area (Å²) in [6.45, 7) is 7.76. The number of carboxylic acids is 1. The van der Waals surface area contributed by atoms with Crippen molar-refractivity contribution in [1.29, 1.82) is 0 Å². The summed E-state index contributed by atoms with van der Waals surface area (Å²) in [5.41, 5.74) is 5.21. The zero-order valence-electron chi connectivity index (χ0n) is 19.3. The summed E-state index contributed by atoms with van der Waals surface area (Å²) in [4.78, 5) is 60.9. The molecule has 0 aliphatic carbocycles. The van der Waals surface area contributed by atoms with E-state index in [2.05, 4.69) is 21.3 Å². The number of amides is 4. The molecule has 1 fully saturated rings. The summed E-state index contributed by atoms with van der Waals surface area (Å²) in [6, 6.07) is -3.58. The van der Waals surface area contributed by atoms with E-state index < -0.39 is 47.9 Å². The van der Waals surface area contributed by atoms with E-state index in [-0.39, 0.29) is 37.0 Å². The number of nitrogens with one attached hydrogen (secondary N) is 4. The van der Waals surface area contributed by atoms with Crippen LogP contribution in [0.3, 0.4) is 0 Å². The summed E-state index contributed by atoms with van der Waals surface area (Å²) >= 11 is 0. The number of aliphatic carboxylic acids is 1. The molecule has 182 valence electrons. The topological polar surface area (TPSA) is 180 Å². The quantitative estimate of drug-likeness (QED) is 0.211. The fraction of sp³-hybridized carbons (Fsp3) is 0.762. The molecule has 4 atom stereocenters. The smallest absolute Gasteiger partial charge is 0.326 e. The van der Waals surface area contributed by atoms with E-state index in [1.165, 1.54) is 0 Å². The lowest BCUT2D eigenvalue weighted by molar-refractivity contribution is -0.143. The molecule has 1 aliphatic rings. The maximum atomic E-state index is 13.0. The SMILES string of the molecule is CC(C)CC(NC(=O)C(CCC(N)=O)NC(=O)C1CCCN1)C(=O)NC(C(=O)O)C(C)C. The molecule has 32 heavy (non-hydrogen) atoms. The van der Waals surface area contributed by atoms with Crippen LogP contribution in [0.15, 0.2) is 0 Å². The van der Waals surface area contributed by atoms with E-state index in [1.807, 2.05) is 13.8 Å². The molecule has 0 radical (unpaired) electrons. The number of primary amides is 1. The van der Waals surface area contributed by atoms with Gasteiger partial charge < -0.3 is 32.1 Å². The fourth-order valence-corrected chi connectivity index (χ4v) is 3.48. The maximum Gasteiger partial charge on any atom is 0.326 e. The van der Waals surface area contributed by atoms with Crippen molar-refractivity contribution in [3.8, 4) is 0 Å². The Morgan fingerprint density at radius 3 is 2.09 bits per heavy atom. The van der Waals surface area contributed by atoms with Crippen LogP contribution in [-0.4, -0.2) is 65.4 Å². The average molecular weight is 456 g/mol. The second kappa shape index (κ2) is 13.0. The Morgan fingerprint density at radius 1 is 1.00 bits per heavy atom. The molecule has 0 spiro atoms. The molecule has 1 rings (SSSR count). The zero-order valence-corrected chi connectivity index (χ0v) is 19.3. The fourth-order valence-electron chi connectivity index (χ4n) is 3.48. The first kappa shape index (κ1) is 27.3. The third kappa shape index (κ3) is 9.21. The molecule has 0 aromatic rings. The minimum absolute atomic E-state index is 0.0145. The molecule has 0 bridgehead atoms. The van der Waals surface area contributed by atoms with Crippen LogP contribution in [0.25, 0.3) is 0 Å². The highest BCUT2D eigenvalue weighted by molar-refractivity contribution is 5.94. The molecule has 0 saturated carbocycles. The lowest BCUT2D eigenvalue weighted by Crippen LogP contribution is -2.57. The summed E-state index contributed by atoms with van der Waals surface area (Å²) in [7, 11) is 0. The number of hydrogen-bond donors (Lipinski definition) is 6. The van der Waals surface area contributed by atoms with Gasteiger partial charge in [0.05, 0.1) is 6.04 Å². The van der Waals surface area contributed by atoms with Gasteiger partial charge in [0.2, 0.25) is 23.6 Å². The minimum Gasteiger partial charge on any atom is -0.480 e. The Bertz CT molecular complexity index is 690. The van der Waals surface area contributed by atoms with Crippen LogP contribution >= 0.6 is 0 Å². The molecule has 1 heterocycles. The molecular formula is C21H37N5O6. The van der Waals surface area contributed by atoms with E-state index in [0.29, 0.717) is 13.0 Å². The molecule has 11 heteroatoms. The summed E-state index contributed by atoms with van der Waals surface area (Å²) in [5.74, 6) is -3.72. The van der Waals surface area contributed by atoms with Crippen LogP contribution in [-0.2, 0) is 24.0 Å². The van der Waals surface area contributed by atoms with Crippen molar-refractivity contribution in [3.05, 3.63) is 0 Å². The Balaban J connectivity index is 2.94. The highest BCUT2D eigenvalue weighted by atomic mass is 16.4. The Labute approximate surface area is 188 Å². The first-order valence-electron chi connectivity index (χ1n) is 11.1. The third-order valence-electron chi connectivity index (χ3n) is 5.26. The van der Waals surface area contributed by atoms with Crippen LogP contribution in [0.5, 0.6) is 0 Å². The molecule has 0 aromatic carbocycles. The highest BCUT2D eigenvalue weighted by Gasteiger charge is 2.32. The number of carbonyl (C=O) groups is 5. The van der Waals surface area contributed by atoms with Crippen LogP contribution < -0.4 is 27.0 Å². The van der Waals surface area contributed by atoms with Gasteiger partial charge in [0.15, 0.2) is 0 Å². The zero-order chi connectivity index (χ0) is 24.4. The molecule has 4 unspecified atom stereocenters. The number of carboxylic acid groups (broad SMARTS) is 1. The van der Waals surface area contributed by atoms with Crippen molar-refractivity contribution in [2.24, 2.45) is 17.6 Å². The van der Waals surface area contributed by atoms with E-state index in [1.54, 1.807) is 13.8 Å². The first-order chi connectivity index (χ1) is 14.9. The Morgan fingerprint density at radius 2 is 1.62 bits per heavy atom. The van der Waals surface area contributed by atoms with Gasteiger partial charge >= 0.3 is 5.97 Å². The Kier molecular flexibility index (Phi) is 11.1. The molecule has 7 N–H and O–H groups in total. The molecule has 1 saturated heterocycles. The molecule has 4 amide bonds. The summed E-state index contributed by atoms with van der Waals surface area (Å²) in [6.07, 6.45) is 1.61. The van der Waals surface area contributed by atoms with Crippen LogP contribution in [0.2, 0.25) is 0 Å². The second-order valence-electron chi connectivity index (χ2n) is 8.97. The van der Waals surface area contributed by atoms with Gasteiger partial charge in [-0.05, 0) is 44.1 Å². The van der Waals surface area contributed by atoms with Crippen molar-refractivity contribution in [2.45, 2.75) is 84.0 Å². The van der Waals surface area contributed by atoms with Gasteiger partial charge in [-0.2, -0.15) is 0 Å². The normalized spacial score (nSPS) is 18.6. The van der Waals surface area contributed by atoms with Crippen molar-refractivity contribution in [1.82, 2.24) is 21.3 Å². The van der Waals surface area contributed by atoms with Crippen molar-refractivity contribution >= 4 is 29.6 Å². The number of rotatable bonds is 13. The van der Waals surface area contributed by atoms with E-state index >= 15 is 0 Å². The third-order valence-corrected chi connectivity index (χ3v) is 5.26. The van der Waals surface area contributed by atoms with Gasteiger partial charge in [0.25, 0.3) is 0 Å². The van der Waals surface area contributed by atoms with Crippen LogP contribution in [0, 0.1) is 11.8 Å². The monoisotopic (exact) mass is 455 g/mol. The lowest BCUT2D eigenvalue weighted by Gasteiger charge is -2.26. The number of hydrogen-bond acceptors (Lipinski definition) is 6. The van der Waals surface area contributed by atoms with Crippen LogP contribution in [0.4, 0.5) is 0 Å². The molecule has 11 nitrogen and oxygen atoms in total. The van der Waals surface area contributed by atoms with Crippen molar-refractivity contribution in [3.63, 3.8) is 0 Å². The molecular weight excluding hydrogens is 418 g/mol. The van der Waals surface area contributed by atoms with Gasteiger partial charge in [0.1, 0.15) is 18.1 Å². The van der Waals surface area contributed by atoms with Gasteiger partial charge in [0, 0.05) is 6.42 Å². The standard InChI is InChI=1S/C21H37N5O6/c1-11(2)10-15(20(30)26-17(12(3)4)21(31)32)25-19(29)14(7-8-16(22)27)24-18(28)13-6-5-9-23-13/h11-15,17,23H,5-10H2,1-4H3,(H2,22,27)(H,24,28)(H,25,29)(H,26,30)(H,31,32). The highest BCUT2D eigenvalue weighted by Crippen LogP contribution is 2.10. The largest absolute Gasteiger partial charge is 0.480 e. The van der Waals surface area contributed by atoms with E-state index in [4.69, 9.17) is 5.73 Å². The Hall–Kier alpha value is -2.69. The van der Waals surface area contributed by atoms with Gasteiger partial charge in [-0.1, -0.05) is 27.7 Å². The summed E-state index contributed by atoms with van der Waals surface area (Å²) in [5, 5.41) is 20.1. The van der Waals surface area contributed by atoms with Crippen molar-refractivity contribution in [2.75, 3.05) is 6.54 Å². The second-order valence-corrected chi connectivity index (χ2v) is 8.97. The number of carbonyl (C=O) groups excluding carboxylic acids is 4. The van der Waals surface area contributed by atoms with Gasteiger partial charge in [-0.15, -0.1) is 0 Å². The molecule has 1 aliphatic heterocycles. The van der Waals surface area contributed by atoms with E-state index in [9.17, 15) is 29.1 Å². The van der Waals surface area contributed by atoms with Gasteiger partial charge in [-0.3, -0.25) is 19.2 Å². The number of nitrogens with two attached hydrogens (primary N) is 1. The first-order valence-corrected chi connectivity index (χ1v) is 11.1. The van der Waals surface area contributed by atoms with Gasteiger partial charge in [-0.25, -0.2) is 4.79 Å². The van der Waals surface area contributed by atoms with E-state index in [0.717, 1.165) is 6.42 Å². The maximum absolute atomic E-state index is 13.0. The average Bonchev–Trinajstić information content (AvgIpc) is 3.22.